The van der Waals surface area contributed by atoms with E-state index in [0.717, 1.165) is 19.3 Å². The summed E-state index contributed by atoms with van der Waals surface area (Å²) in [6.07, 6.45) is 8.19. The molecule has 1 aliphatic carbocycles. The second kappa shape index (κ2) is 12.1. The van der Waals surface area contributed by atoms with Crippen LogP contribution in [0.5, 0.6) is 0 Å². The lowest BCUT2D eigenvalue weighted by Crippen LogP contribution is -2.40. The molecule has 1 aromatic carbocycles. The summed E-state index contributed by atoms with van der Waals surface area (Å²) in [5.41, 5.74) is 7.10. The molecule has 2 rings (SSSR count). The van der Waals surface area contributed by atoms with Crippen molar-refractivity contribution in [2.45, 2.75) is 51.0 Å². The summed E-state index contributed by atoms with van der Waals surface area (Å²) < 4.78 is 0. The van der Waals surface area contributed by atoms with Gasteiger partial charge in [0.2, 0.25) is 5.91 Å². The van der Waals surface area contributed by atoms with Crippen molar-refractivity contribution in [1.82, 2.24) is 10.6 Å². The number of nitrogens with one attached hydrogen (secondary N) is 2. The summed E-state index contributed by atoms with van der Waals surface area (Å²) in [6.45, 7) is 0.703. The van der Waals surface area contributed by atoms with Gasteiger partial charge in [-0.15, -0.1) is 24.0 Å². The Morgan fingerprint density at radius 2 is 1.79 bits per heavy atom. The molecule has 1 aromatic rings. The van der Waals surface area contributed by atoms with E-state index in [4.69, 9.17) is 5.73 Å². The Kier molecular flexibility index (Phi) is 10.5. The van der Waals surface area contributed by atoms with Gasteiger partial charge < -0.3 is 16.4 Å². The fourth-order valence-electron chi connectivity index (χ4n) is 2.88. The first-order valence-electron chi connectivity index (χ1n) is 8.61. The highest BCUT2D eigenvalue weighted by molar-refractivity contribution is 14.0. The molecule has 1 fully saturated rings. The van der Waals surface area contributed by atoms with Crippen LogP contribution in [-0.2, 0) is 11.2 Å². The normalized spacial score (nSPS) is 15.9. The van der Waals surface area contributed by atoms with Crippen molar-refractivity contribution in [3.05, 3.63) is 35.9 Å². The van der Waals surface area contributed by atoms with Crippen LogP contribution in [0.2, 0.25) is 0 Å². The molecular formula is C18H29IN4O. The van der Waals surface area contributed by atoms with Gasteiger partial charge in [-0.25, -0.2) is 4.99 Å². The van der Waals surface area contributed by atoms with E-state index in [0.29, 0.717) is 18.5 Å². The zero-order valence-corrected chi connectivity index (χ0v) is 16.5. The number of aliphatic imine (C=N–C) groups is 1. The lowest BCUT2D eigenvalue weighted by atomic mass is 10.1. The number of carbonyl (C=O) groups is 1. The number of benzene rings is 1. The molecule has 1 aliphatic rings. The Balaban J connectivity index is 0.00000288. The van der Waals surface area contributed by atoms with E-state index < -0.39 is 0 Å². The minimum Gasteiger partial charge on any atom is -0.370 e. The largest absolute Gasteiger partial charge is 0.370 e. The first-order chi connectivity index (χ1) is 11.2. The summed E-state index contributed by atoms with van der Waals surface area (Å²) in [4.78, 5) is 15.9. The zero-order valence-electron chi connectivity index (χ0n) is 14.2. The lowest BCUT2D eigenvalue weighted by molar-refractivity contribution is -0.119. The van der Waals surface area contributed by atoms with Crippen molar-refractivity contribution >= 4 is 35.8 Å². The Hall–Kier alpha value is -1.31. The molecule has 24 heavy (non-hydrogen) atoms. The summed E-state index contributed by atoms with van der Waals surface area (Å²) in [6, 6.07) is 10.5. The van der Waals surface area contributed by atoms with Crippen LogP contribution in [-0.4, -0.2) is 31.0 Å². The molecule has 5 nitrogen and oxygen atoms in total. The highest BCUT2D eigenvalue weighted by Crippen LogP contribution is 2.16. The maximum absolute atomic E-state index is 11.8. The second-order valence-corrected chi connectivity index (χ2v) is 6.12. The van der Waals surface area contributed by atoms with E-state index in [1.165, 1.54) is 31.2 Å². The van der Waals surface area contributed by atoms with Gasteiger partial charge in [0.25, 0.3) is 0 Å². The van der Waals surface area contributed by atoms with Crippen LogP contribution in [0, 0.1) is 0 Å². The number of guanidine groups is 1. The molecule has 0 atom stereocenters. The minimum atomic E-state index is -0.0912. The molecule has 4 N–H and O–H groups in total. The number of rotatable bonds is 6. The van der Waals surface area contributed by atoms with Crippen molar-refractivity contribution in [2.24, 2.45) is 10.7 Å². The van der Waals surface area contributed by atoms with Gasteiger partial charge in [0.15, 0.2) is 5.96 Å². The molecule has 0 unspecified atom stereocenters. The summed E-state index contributed by atoms with van der Waals surface area (Å²) in [5.74, 6) is 0.293. The molecule has 1 amide bonds. The van der Waals surface area contributed by atoms with Crippen LogP contribution in [0.15, 0.2) is 35.3 Å². The molecule has 6 heteroatoms. The molecule has 0 spiro atoms. The average molecular weight is 444 g/mol. The van der Waals surface area contributed by atoms with Crippen molar-refractivity contribution in [2.75, 3.05) is 13.1 Å². The highest BCUT2D eigenvalue weighted by atomic mass is 127. The van der Waals surface area contributed by atoms with Crippen molar-refractivity contribution in [3.8, 4) is 0 Å². The van der Waals surface area contributed by atoms with E-state index in [-0.39, 0.29) is 36.4 Å². The van der Waals surface area contributed by atoms with Gasteiger partial charge in [-0.1, -0.05) is 56.0 Å². The topological polar surface area (TPSA) is 79.5 Å². The van der Waals surface area contributed by atoms with Crippen LogP contribution in [0.1, 0.15) is 44.1 Å². The van der Waals surface area contributed by atoms with E-state index in [1.807, 2.05) is 18.2 Å². The van der Waals surface area contributed by atoms with Gasteiger partial charge in [-0.3, -0.25) is 4.79 Å². The smallest absolute Gasteiger partial charge is 0.241 e. The zero-order chi connectivity index (χ0) is 16.3. The van der Waals surface area contributed by atoms with Crippen LogP contribution in [0.3, 0.4) is 0 Å². The Morgan fingerprint density at radius 1 is 1.12 bits per heavy atom. The number of halogens is 1. The number of hydrogen-bond donors (Lipinski definition) is 3. The molecule has 0 aromatic heterocycles. The second-order valence-electron chi connectivity index (χ2n) is 6.12. The van der Waals surface area contributed by atoms with E-state index >= 15 is 0 Å². The Bertz CT molecular complexity index is 499. The van der Waals surface area contributed by atoms with Crippen molar-refractivity contribution in [1.29, 1.82) is 0 Å². The molecule has 1 saturated carbocycles. The van der Waals surface area contributed by atoms with Gasteiger partial charge in [-0.2, -0.15) is 0 Å². The summed E-state index contributed by atoms with van der Waals surface area (Å²) in [7, 11) is 0. The summed E-state index contributed by atoms with van der Waals surface area (Å²) >= 11 is 0. The summed E-state index contributed by atoms with van der Waals surface area (Å²) in [5, 5.41) is 6.11. The van der Waals surface area contributed by atoms with E-state index in [9.17, 15) is 4.79 Å². The fourth-order valence-corrected chi connectivity index (χ4v) is 2.88. The predicted octanol–water partition coefficient (Wildman–Crippen LogP) is 2.59. The van der Waals surface area contributed by atoms with Crippen LogP contribution in [0.4, 0.5) is 0 Å². The van der Waals surface area contributed by atoms with Gasteiger partial charge in [0.1, 0.15) is 6.54 Å². The molecule has 0 aliphatic heterocycles. The third-order valence-electron chi connectivity index (χ3n) is 4.18. The van der Waals surface area contributed by atoms with Crippen molar-refractivity contribution < 1.29 is 4.79 Å². The predicted molar refractivity (Wildman–Crippen MR) is 110 cm³/mol. The van der Waals surface area contributed by atoms with Crippen molar-refractivity contribution in [3.63, 3.8) is 0 Å². The standard InChI is InChI=1S/C18H28N4O.HI/c19-18(22-16-10-6-1-2-7-11-16)21-14-17(23)20-13-12-15-8-4-3-5-9-15;/h3-5,8-9,16H,1-2,6-7,10-14H2,(H,20,23)(H3,19,21,22);1H. The fraction of sp³-hybridized carbons (Fsp3) is 0.556. The van der Waals surface area contributed by atoms with Gasteiger partial charge in [-0.05, 0) is 24.8 Å². The molecule has 134 valence electrons. The number of hydrogen-bond acceptors (Lipinski definition) is 2. The SMILES string of the molecule is I.NC(=NCC(=O)NCCc1ccccc1)NC1CCCCCC1. The van der Waals surface area contributed by atoms with E-state index in [1.54, 1.807) is 0 Å². The molecule has 0 radical (unpaired) electrons. The number of nitrogens with zero attached hydrogens (tertiary/aromatic N) is 1. The number of nitrogens with two attached hydrogens (primary N) is 1. The maximum Gasteiger partial charge on any atom is 0.241 e. The minimum absolute atomic E-state index is 0. The van der Waals surface area contributed by atoms with Crippen LogP contribution in [0.25, 0.3) is 0 Å². The van der Waals surface area contributed by atoms with Gasteiger partial charge >= 0.3 is 0 Å². The number of amides is 1. The van der Waals surface area contributed by atoms with Crippen LogP contribution < -0.4 is 16.4 Å². The van der Waals surface area contributed by atoms with Gasteiger partial charge in [0.05, 0.1) is 0 Å². The average Bonchev–Trinajstić information content (AvgIpc) is 2.83. The molecular weight excluding hydrogens is 415 g/mol. The maximum atomic E-state index is 11.8. The molecule has 0 saturated heterocycles. The monoisotopic (exact) mass is 444 g/mol. The van der Waals surface area contributed by atoms with Crippen LogP contribution >= 0.6 is 24.0 Å². The third kappa shape index (κ3) is 8.52. The molecule has 0 bridgehead atoms. The molecule has 0 heterocycles. The highest BCUT2D eigenvalue weighted by Gasteiger charge is 2.12. The first-order valence-corrected chi connectivity index (χ1v) is 8.61. The first kappa shape index (κ1) is 20.7. The quantitative estimate of drug-likeness (QED) is 0.273. The number of carbonyl (C=O) groups excluding carboxylic acids is 1. The Morgan fingerprint density at radius 3 is 2.46 bits per heavy atom. The Labute approximate surface area is 161 Å². The third-order valence-corrected chi connectivity index (χ3v) is 4.18. The lowest BCUT2D eigenvalue weighted by Gasteiger charge is -2.16. The van der Waals surface area contributed by atoms with Gasteiger partial charge in [0, 0.05) is 12.6 Å². The van der Waals surface area contributed by atoms with E-state index in [2.05, 4.69) is 27.8 Å².